The maximum absolute atomic E-state index is 12.0. The molecule has 21 heavy (non-hydrogen) atoms. The van der Waals surface area contributed by atoms with Crippen LogP contribution in [0.25, 0.3) is 0 Å². The van der Waals surface area contributed by atoms with Crippen molar-refractivity contribution in [2.45, 2.75) is 17.4 Å². The third-order valence-corrected chi connectivity index (χ3v) is 5.60. The molecule has 0 saturated heterocycles. The van der Waals surface area contributed by atoms with Crippen LogP contribution in [-0.2, 0) is 23.2 Å². The number of sulfonamides is 1. The number of benzene rings is 1. The fourth-order valence-electron chi connectivity index (χ4n) is 1.58. The molecule has 0 amide bonds. The molecule has 0 aliphatic heterocycles. The average Bonchev–Trinajstić information content (AvgIpc) is 2.97. The van der Waals surface area contributed by atoms with Crippen molar-refractivity contribution in [3.8, 4) is 0 Å². The highest BCUT2D eigenvalue weighted by Gasteiger charge is 2.18. The van der Waals surface area contributed by atoms with E-state index in [0.717, 1.165) is 28.5 Å². The number of carbonyl (C=O) groups is 1. The lowest BCUT2D eigenvalue weighted by molar-refractivity contribution is 0.0697. The van der Waals surface area contributed by atoms with Crippen molar-refractivity contribution < 1.29 is 23.4 Å². The van der Waals surface area contributed by atoms with Gasteiger partial charge in [-0.05, 0) is 17.2 Å². The van der Waals surface area contributed by atoms with Gasteiger partial charge < -0.3 is 10.2 Å². The Morgan fingerprint density at radius 3 is 2.33 bits per heavy atom. The highest BCUT2D eigenvalue weighted by molar-refractivity contribution is 7.91. The first-order valence-electron chi connectivity index (χ1n) is 5.92. The second-order valence-electron chi connectivity index (χ2n) is 4.26. The van der Waals surface area contributed by atoms with Crippen LogP contribution in [0.2, 0.25) is 0 Å². The van der Waals surface area contributed by atoms with Crippen LogP contribution in [0.4, 0.5) is 0 Å². The van der Waals surface area contributed by atoms with Crippen molar-refractivity contribution in [1.29, 1.82) is 0 Å². The van der Waals surface area contributed by atoms with Crippen molar-refractivity contribution in [3.63, 3.8) is 0 Å². The SMILES string of the molecule is O=C(O)c1csc(S(=O)(=O)NCc2ccc(CO)cc2)c1. The van der Waals surface area contributed by atoms with Gasteiger partial charge in [-0.1, -0.05) is 24.3 Å². The first-order chi connectivity index (χ1) is 9.92. The highest BCUT2D eigenvalue weighted by Crippen LogP contribution is 2.20. The molecule has 1 heterocycles. The Kier molecular flexibility index (Phi) is 4.73. The molecule has 0 unspecified atom stereocenters. The lowest BCUT2D eigenvalue weighted by Crippen LogP contribution is -2.22. The summed E-state index contributed by atoms with van der Waals surface area (Å²) >= 11 is 0.862. The summed E-state index contributed by atoms with van der Waals surface area (Å²) in [4.78, 5) is 10.8. The quantitative estimate of drug-likeness (QED) is 0.744. The molecule has 0 saturated carbocycles. The Bertz CT molecular complexity index is 734. The third-order valence-electron chi connectivity index (χ3n) is 2.76. The molecule has 0 radical (unpaired) electrons. The van der Waals surface area contributed by atoms with E-state index in [0.29, 0.717) is 0 Å². The minimum absolute atomic E-state index is 0.0353. The van der Waals surface area contributed by atoms with Gasteiger partial charge in [0.15, 0.2) is 0 Å². The molecule has 0 fully saturated rings. The predicted molar refractivity (Wildman–Crippen MR) is 77.7 cm³/mol. The van der Waals surface area contributed by atoms with E-state index < -0.39 is 16.0 Å². The van der Waals surface area contributed by atoms with Crippen molar-refractivity contribution in [2.24, 2.45) is 0 Å². The minimum Gasteiger partial charge on any atom is -0.478 e. The molecule has 0 aliphatic carbocycles. The molecule has 2 aromatic rings. The predicted octanol–water partition coefficient (Wildman–Crippen LogP) is 1.42. The lowest BCUT2D eigenvalue weighted by Gasteiger charge is -2.05. The fourth-order valence-corrected chi connectivity index (χ4v) is 3.80. The smallest absolute Gasteiger partial charge is 0.336 e. The second-order valence-corrected chi connectivity index (χ2v) is 7.16. The van der Waals surface area contributed by atoms with Crippen LogP contribution in [0.3, 0.4) is 0 Å². The van der Waals surface area contributed by atoms with E-state index in [2.05, 4.69) is 4.72 Å². The first-order valence-corrected chi connectivity index (χ1v) is 8.29. The number of aliphatic hydroxyl groups is 1. The maximum Gasteiger partial charge on any atom is 0.336 e. The van der Waals surface area contributed by atoms with Gasteiger partial charge in [-0.3, -0.25) is 0 Å². The van der Waals surface area contributed by atoms with Gasteiger partial charge >= 0.3 is 5.97 Å². The molecule has 1 aromatic carbocycles. The van der Waals surface area contributed by atoms with Gasteiger partial charge in [0.2, 0.25) is 10.0 Å². The Balaban J connectivity index is 2.07. The number of hydrogen-bond donors (Lipinski definition) is 3. The maximum atomic E-state index is 12.0. The molecule has 0 bridgehead atoms. The van der Waals surface area contributed by atoms with Gasteiger partial charge in [0.1, 0.15) is 4.21 Å². The molecular formula is C13H13NO5S2. The summed E-state index contributed by atoms with van der Waals surface area (Å²) in [7, 11) is -3.73. The van der Waals surface area contributed by atoms with Crippen LogP contribution in [0, 0.1) is 0 Å². The standard InChI is InChI=1S/C13H13NO5S2/c15-7-10-3-1-9(2-4-10)6-14-21(18,19)12-5-11(8-20-12)13(16)17/h1-5,8,14-15H,6-7H2,(H,16,17). The number of carboxylic acids is 1. The summed E-state index contributed by atoms with van der Waals surface area (Å²) < 4.78 is 26.4. The van der Waals surface area contributed by atoms with E-state index in [4.69, 9.17) is 10.2 Å². The number of thiophene rings is 1. The zero-order valence-corrected chi connectivity index (χ0v) is 12.4. The normalized spacial score (nSPS) is 11.5. The molecule has 0 aliphatic rings. The van der Waals surface area contributed by atoms with Gasteiger partial charge in [0.05, 0.1) is 12.2 Å². The highest BCUT2D eigenvalue weighted by atomic mass is 32.2. The van der Waals surface area contributed by atoms with Crippen molar-refractivity contribution in [3.05, 3.63) is 52.4 Å². The number of nitrogens with one attached hydrogen (secondary N) is 1. The van der Waals surface area contributed by atoms with Gasteiger partial charge in [-0.15, -0.1) is 11.3 Å². The molecule has 6 nitrogen and oxygen atoms in total. The molecule has 0 spiro atoms. The number of rotatable bonds is 6. The zero-order valence-electron chi connectivity index (χ0n) is 10.8. The van der Waals surface area contributed by atoms with E-state index in [1.807, 2.05) is 0 Å². The topological polar surface area (TPSA) is 104 Å². The number of carboxylic acid groups (broad SMARTS) is 1. The Hall–Kier alpha value is -1.74. The number of aromatic carboxylic acids is 1. The number of aliphatic hydroxyl groups excluding tert-OH is 1. The third kappa shape index (κ3) is 3.88. The largest absolute Gasteiger partial charge is 0.478 e. The molecular weight excluding hydrogens is 314 g/mol. The Morgan fingerprint density at radius 2 is 1.81 bits per heavy atom. The van der Waals surface area contributed by atoms with E-state index >= 15 is 0 Å². The van der Waals surface area contributed by atoms with Crippen LogP contribution in [0.5, 0.6) is 0 Å². The molecule has 1 aromatic heterocycles. The van der Waals surface area contributed by atoms with Crippen molar-refractivity contribution in [2.75, 3.05) is 0 Å². The van der Waals surface area contributed by atoms with Gasteiger partial charge in [-0.25, -0.2) is 17.9 Å². The molecule has 8 heteroatoms. The van der Waals surface area contributed by atoms with Crippen molar-refractivity contribution >= 4 is 27.3 Å². The summed E-state index contributed by atoms with van der Waals surface area (Å²) in [5.74, 6) is -1.16. The second kappa shape index (κ2) is 6.35. The van der Waals surface area contributed by atoms with Crippen LogP contribution < -0.4 is 4.72 Å². The monoisotopic (exact) mass is 327 g/mol. The summed E-state index contributed by atoms with van der Waals surface area (Å²) in [5, 5.41) is 19.0. The Labute approximate surface area is 125 Å². The van der Waals surface area contributed by atoms with E-state index in [-0.39, 0.29) is 22.9 Å². The Morgan fingerprint density at radius 1 is 1.19 bits per heavy atom. The molecule has 2 rings (SSSR count). The average molecular weight is 327 g/mol. The van der Waals surface area contributed by atoms with Gasteiger partial charge in [-0.2, -0.15) is 0 Å². The van der Waals surface area contributed by atoms with E-state index in [1.54, 1.807) is 24.3 Å². The summed E-state index contributed by atoms with van der Waals surface area (Å²) in [6.07, 6.45) is 0. The van der Waals surface area contributed by atoms with Crippen molar-refractivity contribution in [1.82, 2.24) is 4.72 Å². The zero-order chi connectivity index (χ0) is 15.5. The van der Waals surface area contributed by atoms with Crippen LogP contribution in [-0.4, -0.2) is 24.6 Å². The van der Waals surface area contributed by atoms with E-state index in [1.165, 1.54) is 5.38 Å². The van der Waals surface area contributed by atoms with Gasteiger partial charge in [0, 0.05) is 11.9 Å². The first kappa shape index (κ1) is 15.6. The van der Waals surface area contributed by atoms with Gasteiger partial charge in [0.25, 0.3) is 0 Å². The molecule has 3 N–H and O–H groups in total. The van der Waals surface area contributed by atoms with E-state index in [9.17, 15) is 13.2 Å². The number of hydrogen-bond acceptors (Lipinski definition) is 5. The lowest BCUT2D eigenvalue weighted by atomic mass is 10.1. The molecule has 112 valence electrons. The summed E-state index contributed by atoms with van der Waals surface area (Å²) in [5.41, 5.74) is 1.43. The summed E-state index contributed by atoms with van der Waals surface area (Å²) in [6.45, 7) is 0.0213. The minimum atomic E-state index is -3.73. The summed E-state index contributed by atoms with van der Waals surface area (Å²) in [6, 6.07) is 7.97. The van der Waals surface area contributed by atoms with Crippen LogP contribution in [0.1, 0.15) is 21.5 Å². The van der Waals surface area contributed by atoms with Crippen LogP contribution >= 0.6 is 11.3 Å². The van der Waals surface area contributed by atoms with Crippen LogP contribution in [0.15, 0.2) is 39.9 Å². The molecule has 0 atom stereocenters. The fraction of sp³-hybridized carbons (Fsp3) is 0.154.